The minimum absolute atomic E-state index is 0.743. The maximum atomic E-state index is 5.27. The predicted octanol–water partition coefficient (Wildman–Crippen LogP) is 3.25. The fourth-order valence-corrected chi connectivity index (χ4v) is 2.14. The first-order valence-electron chi connectivity index (χ1n) is 5.98. The Labute approximate surface area is 111 Å². The predicted molar refractivity (Wildman–Crippen MR) is 74.6 cm³/mol. The molecule has 4 nitrogen and oxygen atoms in total. The minimum atomic E-state index is 0.743. The van der Waals surface area contributed by atoms with Crippen molar-refractivity contribution in [2.45, 2.75) is 0 Å². The summed E-state index contributed by atoms with van der Waals surface area (Å²) in [5.41, 5.74) is 1.84. The second-order valence-electron chi connectivity index (χ2n) is 4.23. The van der Waals surface area contributed by atoms with Gasteiger partial charge in [0.25, 0.3) is 0 Å². The first-order valence-corrected chi connectivity index (χ1v) is 5.98. The van der Waals surface area contributed by atoms with Gasteiger partial charge in [-0.3, -0.25) is 5.10 Å². The van der Waals surface area contributed by atoms with Crippen LogP contribution in [0, 0.1) is 0 Å². The Balaban J connectivity index is 2.12. The number of benzene rings is 2. The molecule has 0 saturated carbocycles. The van der Waals surface area contributed by atoms with Gasteiger partial charge >= 0.3 is 0 Å². The second-order valence-corrected chi connectivity index (χ2v) is 4.23. The molecule has 0 fully saturated rings. The van der Waals surface area contributed by atoms with Crippen LogP contribution in [0.3, 0.4) is 0 Å². The van der Waals surface area contributed by atoms with Gasteiger partial charge in [0.2, 0.25) is 0 Å². The molecule has 0 aliphatic carbocycles. The van der Waals surface area contributed by atoms with Crippen LogP contribution in [0.25, 0.3) is 22.0 Å². The molecule has 3 rings (SSSR count). The molecule has 0 aliphatic rings. The lowest BCUT2D eigenvalue weighted by Gasteiger charge is -2.05. The zero-order valence-corrected chi connectivity index (χ0v) is 10.8. The molecule has 0 unspecified atom stereocenters. The Morgan fingerprint density at radius 3 is 2.53 bits per heavy atom. The van der Waals surface area contributed by atoms with Gasteiger partial charge in [-0.2, -0.15) is 5.10 Å². The van der Waals surface area contributed by atoms with E-state index in [0.29, 0.717) is 0 Å². The molecule has 0 bridgehead atoms. The molecule has 96 valence electrons. The van der Waals surface area contributed by atoms with Crippen molar-refractivity contribution in [3.8, 4) is 22.8 Å². The SMILES string of the molecule is COc1ccc2cc(-c3n[nH]cc3OC)ccc2c1. The summed E-state index contributed by atoms with van der Waals surface area (Å²) < 4.78 is 10.5. The summed E-state index contributed by atoms with van der Waals surface area (Å²) in [6, 6.07) is 12.2. The average molecular weight is 254 g/mol. The number of H-pyrrole nitrogens is 1. The van der Waals surface area contributed by atoms with Crippen molar-refractivity contribution in [2.75, 3.05) is 14.2 Å². The van der Waals surface area contributed by atoms with E-state index >= 15 is 0 Å². The Morgan fingerprint density at radius 2 is 1.74 bits per heavy atom. The molecule has 1 heterocycles. The van der Waals surface area contributed by atoms with E-state index in [9.17, 15) is 0 Å². The summed E-state index contributed by atoms with van der Waals surface area (Å²) in [7, 11) is 3.31. The quantitative estimate of drug-likeness (QED) is 0.780. The molecule has 0 amide bonds. The average Bonchev–Trinajstić information content (AvgIpc) is 2.94. The van der Waals surface area contributed by atoms with Gasteiger partial charge in [0.05, 0.1) is 20.4 Å². The molecule has 0 radical (unpaired) electrons. The summed E-state index contributed by atoms with van der Waals surface area (Å²) in [4.78, 5) is 0. The largest absolute Gasteiger partial charge is 0.497 e. The molecule has 4 heteroatoms. The van der Waals surface area contributed by atoms with Gasteiger partial charge < -0.3 is 9.47 Å². The van der Waals surface area contributed by atoms with Gasteiger partial charge in [-0.05, 0) is 29.0 Å². The Kier molecular flexibility index (Phi) is 2.83. The van der Waals surface area contributed by atoms with Crippen molar-refractivity contribution in [1.82, 2.24) is 10.2 Å². The van der Waals surface area contributed by atoms with Crippen molar-refractivity contribution in [3.05, 3.63) is 42.6 Å². The number of hydrogen-bond donors (Lipinski definition) is 1. The molecule has 1 N–H and O–H groups in total. The van der Waals surface area contributed by atoms with E-state index in [-0.39, 0.29) is 0 Å². The molecule has 2 aromatic carbocycles. The highest BCUT2D eigenvalue weighted by molar-refractivity contribution is 5.88. The van der Waals surface area contributed by atoms with Crippen molar-refractivity contribution in [3.63, 3.8) is 0 Å². The van der Waals surface area contributed by atoms with Crippen LogP contribution in [-0.2, 0) is 0 Å². The number of ether oxygens (including phenoxy) is 2. The third-order valence-electron chi connectivity index (χ3n) is 3.15. The topological polar surface area (TPSA) is 47.1 Å². The molecule has 19 heavy (non-hydrogen) atoms. The third-order valence-corrected chi connectivity index (χ3v) is 3.15. The van der Waals surface area contributed by atoms with Crippen molar-refractivity contribution < 1.29 is 9.47 Å². The van der Waals surface area contributed by atoms with Crippen molar-refractivity contribution in [2.24, 2.45) is 0 Å². The minimum Gasteiger partial charge on any atom is -0.497 e. The fourth-order valence-electron chi connectivity index (χ4n) is 2.14. The number of aromatic amines is 1. The maximum absolute atomic E-state index is 5.27. The zero-order valence-electron chi connectivity index (χ0n) is 10.8. The Bertz CT molecular complexity index is 719. The number of hydrogen-bond acceptors (Lipinski definition) is 3. The molecular formula is C15H14N2O2. The maximum Gasteiger partial charge on any atom is 0.164 e. The monoisotopic (exact) mass is 254 g/mol. The highest BCUT2D eigenvalue weighted by Crippen LogP contribution is 2.30. The van der Waals surface area contributed by atoms with E-state index in [1.165, 1.54) is 0 Å². The van der Waals surface area contributed by atoms with Crippen molar-refractivity contribution in [1.29, 1.82) is 0 Å². The van der Waals surface area contributed by atoms with E-state index in [1.54, 1.807) is 20.4 Å². The van der Waals surface area contributed by atoms with Gasteiger partial charge in [0.15, 0.2) is 5.75 Å². The Hall–Kier alpha value is -2.49. The molecule has 0 atom stereocenters. The highest BCUT2D eigenvalue weighted by atomic mass is 16.5. The Morgan fingerprint density at radius 1 is 0.947 bits per heavy atom. The van der Waals surface area contributed by atoms with Crippen LogP contribution in [-0.4, -0.2) is 24.4 Å². The standard InChI is InChI=1S/C15H14N2O2/c1-18-13-6-5-10-7-12(4-3-11(10)8-13)15-14(19-2)9-16-17-15/h3-9H,1-2H3,(H,16,17). The van der Waals surface area contributed by atoms with E-state index < -0.39 is 0 Å². The lowest BCUT2D eigenvalue weighted by atomic mass is 10.0. The molecule has 0 spiro atoms. The fraction of sp³-hybridized carbons (Fsp3) is 0.133. The van der Waals surface area contributed by atoms with Crippen LogP contribution < -0.4 is 9.47 Å². The van der Waals surface area contributed by atoms with Crippen LogP contribution in [0.2, 0.25) is 0 Å². The second kappa shape index (κ2) is 4.65. The molecule has 1 aromatic heterocycles. The van der Waals surface area contributed by atoms with E-state index in [0.717, 1.165) is 33.5 Å². The van der Waals surface area contributed by atoms with Crippen LogP contribution in [0.5, 0.6) is 11.5 Å². The number of nitrogens with zero attached hydrogens (tertiary/aromatic N) is 1. The number of rotatable bonds is 3. The molecule has 0 aliphatic heterocycles. The zero-order chi connectivity index (χ0) is 13.2. The molecular weight excluding hydrogens is 240 g/mol. The van der Waals surface area contributed by atoms with Crippen LogP contribution >= 0.6 is 0 Å². The lowest BCUT2D eigenvalue weighted by Crippen LogP contribution is -1.86. The van der Waals surface area contributed by atoms with E-state index in [2.05, 4.69) is 22.3 Å². The molecule has 3 aromatic rings. The van der Waals surface area contributed by atoms with Crippen molar-refractivity contribution >= 4 is 10.8 Å². The van der Waals surface area contributed by atoms with Gasteiger partial charge in [0, 0.05) is 5.56 Å². The highest BCUT2D eigenvalue weighted by Gasteiger charge is 2.09. The van der Waals surface area contributed by atoms with Crippen LogP contribution in [0.4, 0.5) is 0 Å². The van der Waals surface area contributed by atoms with Gasteiger partial charge in [-0.25, -0.2) is 0 Å². The number of nitrogens with one attached hydrogen (secondary N) is 1. The first-order chi connectivity index (χ1) is 9.31. The summed E-state index contributed by atoms with van der Waals surface area (Å²) in [6.45, 7) is 0. The van der Waals surface area contributed by atoms with Gasteiger partial charge in [-0.1, -0.05) is 18.2 Å². The summed E-state index contributed by atoms with van der Waals surface area (Å²) in [5, 5.41) is 9.32. The first kappa shape index (κ1) is 11.6. The van der Waals surface area contributed by atoms with Gasteiger partial charge in [0.1, 0.15) is 11.4 Å². The third kappa shape index (κ3) is 2.01. The van der Waals surface area contributed by atoms with Crippen LogP contribution in [0.15, 0.2) is 42.6 Å². The molecule has 0 saturated heterocycles. The normalized spacial score (nSPS) is 10.6. The lowest BCUT2D eigenvalue weighted by molar-refractivity contribution is 0.415. The van der Waals surface area contributed by atoms with E-state index in [4.69, 9.17) is 9.47 Å². The summed E-state index contributed by atoms with van der Waals surface area (Å²) in [5.74, 6) is 1.60. The van der Waals surface area contributed by atoms with Gasteiger partial charge in [-0.15, -0.1) is 0 Å². The van der Waals surface area contributed by atoms with Crippen LogP contribution in [0.1, 0.15) is 0 Å². The summed E-state index contributed by atoms with van der Waals surface area (Å²) >= 11 is 0. The summed E-state index contributed by atoms with van der Waals surface area (Å²) in [6.07, 6.45) is 1.74. The number of methoxy groups -OCH3 is 2. The number of fused-ring (bicyclic) bond motifs is 1. The van der Waals surface area contributed by atoms with E-state index in [1.807, 2.05) is 24.3 Å². The smallest absolute Gasteiger partial charge is 0.164 e. The number of aromatic nitrogens is 2.